The van der Waals surface area contributed by atoms with Crippen molar-refractivity contribution in [1.82, 2.24) is 4.31 Å². The third-order valence-electron chi connectivity index (χ3n) is 4.62. The lowest BCUT2D eigenvalue weighted by Crippen LogP contribution is -2.32. The number of ether oxygens (including phenoxy) is 2. The smallest absolute Gasteiger partial charge is 0.246 e. The zero-order chi connectivity index (χ0) is 18.9. The molecule has 0 aromatic heterocycles. The van der Waals surface area contributed by atoms with Crippen LogP contribution in [0, 0.1) is 5.82 Å². The van der Waals surface area contributed by atoms with Gasteiger partial charge in [0.25, 0.3) is 0 Å². The lowest BCUT2D eigenvalue weighted by Gasteiger charge is -2.18. The average Bonchev–Trinajstić information content (AvgIpc) is 3.04. The van der Waals surface area contributed by atoms with Gasteiger partial charge in [0.2, 0.25) is 10.0 Å². The molecule has 0 bridgehead atoms. The number of hydrogen-bond donors (Lipinski definition) is 1. The van der Waals surface area contributed by atoms with E-state index in [0.29, 0.717) is 0 Å². The molecule has 0 radical (unpaired) electrons. The molecular formula is C18H21FN2O4S. The number of benzene rings is 2. The van der Waals surface area contributed by atoms with Crippen molar-refractivity contribution in [2.24, 2.45) is 5.73 Å². The maximum Gasteiger partial charge on any atom is 0.246 e. The van der Waals surface area contributed by atoms with Crippen LogP contribution in [0.3, 0.4) is 0 Å². The van der Waals surface area contributed by atoms with Gasteiger partial charge in [0.05, 0.1) is 14.2 Å². The van der Waals surface area contributed by atoms with E-state index in [-0.39, 0.29) is 36.5 Å². The van der Waals surface area contributed by atoms with Crippen LogP contribution in [0.25, 0.3) is 0 Å². The van der Waals surface area contributed by atoms with Gasteiger partial charge < -0.3 is 15.2 Å². The highest BCUT2D eigenvalue weighted by Gasteiger charge is 2.39. The fraction of sp³-hybridized carbons (Fsp3) is 0.333. The van der Waals surface area contributed by atoms with Crippen LogP contribution in [0.5, 0.6) is 11.5 Å². The van der Waals surface area contributed by atoms with Crippen LogP contribution < -0.4 is 15.2 Å². The number of nitrogens with two attached hydrogens (primary N) is 1. The highest BCUT2D eigenvalue weighted by Crippen LogP contribution is 2.36. The number of nitrogens with zero attached hydrogens (tertiary/aromatic N) is 1. The lowest BCUT2D eigenvalue weighted by atomic mass is 9.95. The molecule has 0 amide bonds. The topological polar surface area (TPSA) is 81.9 Å². The number of rotatable bonds is 5. The van der Waals surface area contributed by atoms with Crippen molar-refractivity contribution >= 4 is 10.0 Å². The molecule has 1 saturated heterocycles. The molecular weight excluding hydrogens is 359 g/mol. The standard InChI is InChI=1S/C18H21FN2O4S/c1-24-16-8-14(19)18(9-17(16)25-2)26(22,23)21-10-13(15(20)11-21)12-6-4-3-5-7-12/h3-9,13,15H,10-11,20H2,1-2H3/t13-,15+/m0/s1. The summed E-state index contributed by atoms with van der Waals surface area (Å²) in [5.41, 5.74) is 7.13. The number of methoxy groups -OCH3 is 2. The summed E-state index contributed by atoms with van der Waals surface area (Å²) in [5, 5.41) is 0. The molecule has 1 heterocycles. The van der Waals surface area contributed by atoms with Gasteiger partial charge in [0, 0.05) is 37.2 Å². The van der Waals surface area contributed by atoms with E-state index < -0.39 is 20.7 Å². The first-order valence-electron chi connectivity index (χ1n) is 8.10. The highest BCUT2D eigenvalue weighted by atomic mass is 32.2. The fourth-order valence-corrected chi connectivity index (χ4v) is 4.78. The van der Waals surface area contributed by atoms with E-state index in [0.717, 1.165) is 17.7 Å². The summed E-state index contributed by atoms with van der Waals surface area (Å²) in [6.07, 6.45) is 0. The van der Waals surface area contributed by atoms with Crippen molar-refractivity contribution in [2.75, 3.05) is 27.3 Å². The van der Waals surface area contributed by atoms with Crippen LogP contribution in [-0.2, 0) is 10.0 Å². The number of hydrogen-bond acceptors (Lipinski definition) is 5. The average molecular weight is 380 g/mol. The van der Waals surface area contributed by atoms with Crippen molar-refractivity contribution in [3.63, 3.8) is 0 Å². The van der Waals surface area contributed by atoms with E-state index in [1.54, 1.807) is 0 Å². The van der Waals surface area contributed by atoms with Crippen LogP contribution in [-0.4, -0.2) is 46.1 Å². The zero-order valence-corrected chi connectivity index (χ0v) is 15.4. The zero-order valence-electron chi connectivity index (χ0n) is 14.6. The molecule has 3 rings (SSSR count). The molecule has 0 saturated carbocycles. The second-order valence-electron chi connectivity index (χ2n) is 6.14. The van der Waals surface area contributed by atoms with Crippen molar-refractivity contribution in [2.45, 2.75) is 16.9 Å². The molecule has 6 nitrogen and oxygen atoms in total. The van der Waals surface area contributed by atoms with Gasteiger partial charge in [-0.2, -0.15) is 4.31 Å². The first-order chi connectivity index (χ1) is 12.4. The van der Waals surface area contributed by atoms with Gasteiger partial charge in [-0.25, -0.2) is 12.8 Å². The second-order valence-corrected chi connectivity index (χ2v) is 8.05. The Bertz CT molecular complexity index is 890. The molecule has 0 spiro atoms. The lowest BCUT2D eigenvalue weighted by molar-refractivity contribution is 0.349. The summed E-state index contributed by atoms with van der Waals surface area (Å²) < 4.78 is 51.7. The van der Waals surface area contributed by atoms with E-state index in [1.807, 2.05) is 30.3 Å². The molecule has 26 heavy (non-hydrogen) atoms. The molecule has 2 aromatic carbocycles. The molecule has 2 N–H and O–H groups in total. The maximum absolute atomic E-state index is 14.4. The Hall–Kier alpha value is -2.16. The van der Waals surface area contributed by atoms with Gasteiger partial charge in [-0.1, -0.05) is 30.3 Å². The predicted molar refractivity (Wildman–Crippen MR) is 95.4 cm³/mol. The SMILES string of the molecule is COc1cc(F)c(S(=O)(=O)N2C[C@@H](N)[C@H](c3ccccc3)C2)cc1OC. The van der Waals surface area contributed by atoms with E-state index in [4.69, 9.17) is 15.2 Å². The summed E-state index contributed by atoms with van der Waals surface area (Å²) in [6, 6.07) is 11.3. The van der Waals surface area contributed by atoms with Gasteiger partial charge in [-0.15, -0.1) is 0 Å². The molecule has 8 heteroatoms. The third kappa shape index (κ3) is 3.27. The predicted octanol–water partition coefficient (Wildman–Crippen LogP) is 1.96. The summed E-state index contributed by atoms with van der Waals surface area (Å²) in [4.78, 5) is -0.448. The Morgan fingerprint density at radius 1 is 1.08 bits per heavy atom. The van der Waals surface area contributed by atoms with Crippen LogP contribution in [0.2, 0.25) is 0 Å². The summed E-state index contributed by atoms with van der Waals surface area (Å²) >= 11 is 0. The van der Waals surface area contributed by atoms with Crippen LogP contribution in [0.15, 0.2) is 47.4 Å². The van der Waals surface area contributed by atoms with Crippen LogP contribution in [0.4, 0.5) is 4.39 Å². The van der Waals surface area contributed by atoms with E-state index in [1.165, 1.54) is 18.5 Å². The molecule has 2 aromatic rings. The van der Waals surface area contributed by atoms with E-state index >= 15 is 0 Å². The van der Waals surface area contributed by atoms with Crippen molar-refractivity contribution in [3.8, 4) is 11.5 Å². The normalized spacial score (nSPS) is 20.9. The van der Waals surface area contributed by atoms with Gasteiger partial charge in [-0.05, 0) is 5.56 Å². The Morgan fingerprint density at radius 3 is 2.31 bits per heavy atom. The molecule has 0 aliphatic carbocycles. The largest absolute Gasteiger partial charge is 0.493 e. The van der Waals surface area contributed by atoms with E-state index in [9.17, 15) is 12.8 Å². The first kappa shape index (κ1) is 18.6. The summed E-state index contributed by atoms with van der Waals surface area (Å²) in [5.74, 6) is -0.756. The fourth-order valence-electron chi connectivity index (χ4n) is 3.21. The van der Waals surface area contributed by atoms with Crippen molar-refractivity contribution < 1.29 is 22.3 Å². The van der Waals surface area contributed by atoms with Gasteiger partial charge in [0.1, 0.15) is 10.7 Å². The Morgan fingerprint density at radius 2 is 1.69 bits per heavy atom. The van der Waals surface area contributed by atoms with Crippen molar-refractivity contribution in [3.05, 3.63) is 53.8 Å². The van der Waals surface area contributed by atoms with Crippen LogP contribution in [0.1, 0.15) is 11.5 Å². The molecule has 2 atom stereocenters. The Labute approximate surface area is 152 Å². The quantitative estimate of drug-likeness (QED) is 0.858. The first-order valence-corrected chi connectivity index (χ1v) is 9.54. The minimum absolute atomic E-state index is 0.121. The number of halogens is 1. The van der Waals surface area contributed by atoms with Gasteiger partial charge in [0.15, 0.2) is 11.5 Å². The summed E-state index contributed by atoms with van der Waals surface area (Å²) in [7, 11) is -1.34. The van der Waals surface area contributed by atoms with Gasteiger partial charge in [-0.3, -0.25) is 0 Å². The molecule has 1 fully saturated rings. The molecule has 140 valence electrons. The summed E-state index contributed by atoms with van der Waals surface area (Å²) in [6.45, 7) is 0.316. The molecule has 1 aliphatic heterocycles. The Kier molecular flexibility index (Phi) is 5.17. The number of sulfonamides is 1. The highest BCUT2D eigenvalue weighted by molar-refractivity contribution is 7.89. The van der Waals surface area contributed by atoms with Crippen LogP contribution >= 0.6 is 0 Å². The third-order valence-corrected chi connectivity index (χ3v) is 6.46. The molecule has 1 aliphatic rings. The maximum atomic E-state index is 14.4. The van der Waals surface area contributed by atoms with Gasteiger partial charge >= 0.3 is 0 Å². The monoisotopic (exact) mass is 380 g/mol. The Balaban J connectivity index is 1.94. The minimum Gasteiger partial charge on any atom is -0.493 e. The van der Waals surface area contributed by atoms with Crippen molar-refractivity contribution in [1.29, 1.82) is 0 Å². The second kappa shape index (κ2) is 7.22. The van der Waals surface area contributed by atoms with E-state index in [2.05, 4.69) is 0 Å². The minimum atomic E-state index is -4.06. The molecule has 0 unspecified atom stereocenters.